The second-order valence-corrected chi connectivity index (χ2v) is 9.26. The Labute approximate surface area is 169 Å². The lowest BCUT2D eigenvalue weighted by molar-refractivity contribution is 0.0898. The topological polar surface area (TPSA) is 70.7 Å². The van der Waals surface area contributed by atoms with Gasteiger partial charge in [-0.25, -0.2) is 0 Å². The lowest BCUT2D eigenvalue weighted by atomic mass is 9.81. The minimum absolute atomic E-state index is 0.0321. The van der Waals surface area contributed by atoms with Crippen LogP contribution in [0.1, 0.15) is 58.6 Å². The van der Waals surface area contributed by atoms with Crippen molar-refractivity contribution >= 4 is 5.91 Å². The molecule has 2 saturated carbocycles. The predicted octanol–water partition coefficient (Wildman–Crippen LogP) is 3.85. The highest BCUT2D eigenvalue weighted by Crippen LogP contribution is 2.67. The van der Waals surface area contributed by atoms with Crippen molar-refractivity contribution < 1.29 is 4.79 Å². The average molecular weight is 382 g/mol. The van der Waals surface area contributed by atoms with Crippen molar-refractivity contribution in [2.75, 3.05) is 0 Å². The third kappa shape index (κ3) is 1.93. The number of pyridine rings is 2. The summed E-state index contributed by atoms with van der Waals surface area (Å²) in [6, 6.07) is 6.27. The molecule has 0 radical (unpaired) electrons. The van der Waals surface area contributed by atoms with Crippen molar-refractivity contribution in [2.45, 2.75) is 56.4 Å². The molecule has 3 aliphatic carbocycles. The van der Waals surface area contributed by atoms with E-state index in [1.807, 2.05) is 25.4 Å². The third-order valence-electron chi connectivity index (χ3n) is 7.69. The second-order valence-electron chi connectivity index (χ2n) is 9.26. The van der Waals surface area contributed by atoms with Crippen LogP contribution in [-0.2, 0) is 18.3 Å². The van der Waals surface area contributed by atoms with E-state index in [9.17, 15) is 4.79 Å². The number of nitrogens with zero attached hydrogens (tertiary/aromatic N) is 2. The summed E-state index contributed by atoms with van der Waals surface area (Å²) in [4.78, 5) is 26.0. The fourth-order valence-corrected chi connectivity index (χ4v) is 5.80. The Balaban J connectivity index is 1.41. The highest BCUT2D eigenvalue weighted by molar-refractivity contribution is 6.02. The van der Waals surface area contributed by atoms with E-state index in [4.69, 9.17) is 4.98 Å². The van der Waals surface area contributed by atoms with Gasteiger partial charge in [-0.2, -0.15) is 0 Å². The van der Waals surface area contributed by atoms with Crippen molar-refractivity contribution in [2.24, 2.45) is 0 Å². The molecule has 29 heavy (non-hydrogen) atoms. The zero-order chi connectivity index (χ0) is 19.4. The maximum atomic E-state index is 13.1. The number of rotatable bonds is 1. The summed E-state index contributed by atoms with van der Waals surface area (Å²) >= 11 is 0. The van der Waals surface area contributed by atoms with Crippen LogP contribution in [0, 0.1) is 6.92 Å². The van der Waals surface area contributed by atoms with Crippen molar-refractivity contribution in [1.29, 1.82) is 0 Å². The molecular formula is C24H22N4O. The Morgan fingerprint density at radius 2 is 1.90 bits per heavy atom. The second kappa shape index (κ2) is 4.96. The summed E-state index contributed by atoms with van der Waals surface area (Å²) in [5, 5.41) is 3.40. The molecule has 5 nitrogen and oxygen atoms in total. The molecule has 7 rings (SSSR count). The molecule has 0 saturated heterocycles. The summed E-state index contributed by atoms with van der Waals surface area (Å²) in [7, 11) is 0. The van der Waals surface area contributed by atoms with E-state index >= 15 is 0 Å². The molecule has 4 heterocycles. The van der Waals surface area contributed by atoms with Crippen LogP contribution in [-0.4, -0.2) is 26.4 Å². The number of carbonyl (C=O) groups excluding carboxylic acids is 1. The molecule has 4 aliphatic rings. The van der Waals surface area contributed by atoms with Gasteiger partial charge in [-0.15, -0.1) is 0 Å². The smallest absolute Gasteiger partial charge is 0.253 e. The van der Waals surface area contributed by atoms with Crippen LogP contribution >= 0.6 is 0 Å². The predicted molar refractivity (Wildman–Crippen MR) is 110 cm³/mol. The average Bonchev–Trinajstić information content (AvgIpc) is 3.64. The number of aromatic amines is 1. The van der Waals surface area contributed by atoms with Gasteiger partial charge >= 0.3 is 0 Å². The van der Waals surface area contributed by atoms with Gasteiger partial charge in [0.15, 0.2) is 0 Å². The highest BCUT2D eigenvalue weighted by Gasteiger charge is 2.70. The van der Waals surface area contributed by atoms with Crippen LogP contribution in [0.3, 0.4) is 0 Å². The van der Waals surface area contributed by atoms with Gasteiger partial charge in [0.05, 0.1) is 22.5 Å². The number of carbonyl (C=O) groups is 1. The Morgan fingerprint density at radius 1 is 1.03 bits per heavy atom. The van der Waals surface area contributed by atoms with Gasteiger partial charge in [-0.1, -0.05) is 0 Å². The summed E-state index contributed by atoms with van der Waals surface area (Å²) < 4.78 is 0. The lowest BCUT2D eigenvalue weighted by Gasteiger charge is -2.33. The summed E-state index contributed by atoms with van der Waals surface area (Å²) in [5.74, 6) is 0.132. The quantitative estimate of drug-likeness (QED) is 0.671. The number of hydrogen-bond acceptors (Lipinski definition) is 3. The first kappa shape index (κ1) is 15.9. The van der Waals surface area contributed by atoms with Crippen molar-refractivity contribution in [3.05, 3.63) is 58.7 Å². The van der Waals surface area contributed by atoms with Gasteiger partial charge in [-0.3, -0.25) is 14.8 Å². The summed E-state index contributed by atoms with van der Waals surface area (Å²) in [5.41, 5.74) is 10.1. The number of aryl methyl sites for hydroxylation is 2. The normalized spacial score (nSPS) is 21.3. The molecule has 0 bridgehead atoms. The number of hydrogen-bond donors (Lipinski definition) is 2. The molecule has 0 unspecified atom stereocenters. The van der Waals surface area contributed by atoms with Gasteiger partial charge < -0.3 is 10.3 Å². The monoisotopic (exact) mass is 382 g/mol. The first-order valence-corrected chi connectivity index (χ1v) is 10.6. The maximum absolute atomic E-state index is 13.1. The molecule has 0 aromatic carbocycles. The van der Waals surface area contributed by atoms with Crippen LogP contribution in [0.15, 0.2) is 30.6 Å². The zero-order valence-electron chi connectivity index (χ0n) is 16.4. The summed E-state index contributed by atoms with van der Waals surface area (Å²) in [6.45, 7) is 1.99. The van der Waals surface area contributed by atoms with E-state index < -0.39 is 0 Å². The minimum atomic E-state index is 0.0321. The molecule has 2 fully saturated rings. The molecule has 3 aromatic heterocycles. The van der Waals surface area contributed by atoms with E-state index in [-0.39, 0.29) is 16.9 Å². The van der Waals surface area contributed by atoms with Crippen LogP contribution in [0.5, 0.6) is 0 Å². The maximum Gasteiger partial charge on any atom is 0.253 e. The molecule has 3 aromatic rings. The Hall–Kier alpha value is -2.95. The van der Waals surface area contributed by atoms with E-state index in [2.05, 4.69) is 27.4 Å². The van der Waals surface area contributed by atoms with Crippen LogP contribution in [0.4, 0.5) is 0 Å². The third-order valence-corrected chi connectivity index (χ3v) is 7.69. The molecule has 1 aliphatic heterocycles. The van der Waals surface area contributed by atoms with Gasteiger partial charge in [0.1, 0.15) is 0 Å². The van der Waals surface area contributed by atoms with Gasteiger partial charge in [0.25, 0.3) is 5.91 Å². The lowest BCUT2D eigenvalue weighted by Crippen LogP contribution is -2.51. The Bertz CT molecular complexity index is 1210. The Kier molecular flexibility index (Phi) is 2.72. The standard InChI is InChI=1S/C24H22N4O/c1-13-2-3-15(12-25-13)18-10-17-14(11-26-18)4-5-16-19-21(27-20(16)17)23(6-7-23)24(8-9-24)28-22(19)29/h2-3,10-12,27H,4-9H2,1H3,(H,28,29). The number of nitrogens with one attached hydrogen (secondary N) is 2. The van der Waals surface area contributed by atoms with Gasteiger partial charge in [0, 0.05) is 40.3 Å². The number of H-pyrrole nitrogens is 1. The molecule has 1 amide bonds. The van der Waals surface area contributed by atoms with E-state index in [0.717, 1.165) is 53.9 Å². The minimum Gasteiger partial charge on any atom is -0.357 e. The molecule has 144 valence electrons. The Morgan fingerprint density at radius 3 is 2.62 bits per heavy atom. The first-order chi connectivity index (χ1) is 14.1. The fraction of sp³-hybridized carbons (Fsp3) is 0.375. The van der Waals surface area contributed by atoms with Gasteiger partial charge in [-0.05, 0) is 74.8 Å². The number of amides is 1. The van der Waals surface area contributed by atoms with Crippen molar-refractivity contribution in [3.63, 3.8) is 0 Å². The summed E-state index contributed by atoms with van der Waals surface area (Å²) in [6.07, 6.45) is 10.3. The molecular weight excluding hydrogens is 360 g/mol. The molecule has 0 atom stereocenters. The number of fused-ring (bicyclic) bond motifs is 7. The molecule has 2 spiro atoms. The SMILES string of the molecule is Cc1ccc(-c2cc3c(cn2)CCc2c-3[nH]c3c2C(=O)NC2(CC2)C32CC2)cn1. The van der Waals surface area contributed by atoms with Gasteiger partial charge in [0.2, 0.25) is 0 Å². The van der Waals surface area contributed by atoms with Crippen LogP contribution in [0.2, 0.25) is 0 Å². The van der Waals surface area contributed by atoms with Crippen molar-refractivity contribution in [3.8, 4) is 22.5 Å². The molecule has 5 heteroatoms. The zero-order valence-corrected chi connectivity index (χ0v) is 16.4. The van der Waals surface area contributed by atoms with Crippen LogP contribution in [0.25, 0.3) is 22.5 Å². The van der Waals surface area contributed by atoms with Crippen molar-refractivity contribution in [1.82, 2.24) is 20.3 Å². The van der Waals surface area contributed by atoms with E-state index in [1.54, 1.807) is 0 Å². The van der Waals surface area contributed by atoms with E-state index in [1.165, 1.54) is 35.2 Å². The largest absolute Gasteiger partial charge is 0.357 e. The fourth-order valence-electron chi connectivity index (χ4n) is 5.80. The number of aromatic nitrogens is 3. The van der Waals surface area contributed by atoms with E-state index in [0.29, 0.717) is 0 Å². The first-order valence-electron chi connectivity index (χ1n) is 10.6. The van der Waals surface area contributed by atoms with Crippen LogP contribution < -0.4 is 5.32 Å². The molecule has 2 N–H and O–H groups in total. The highest BCUT2D eigenvalue weighted by atomic mass is 16.2.